The Kier molecular flexibility index (Phi) is 7.28. The third-order valence-corrected chi connectivity index (χ3v) is 5.98. The molecule has 3 aromatic rings. The maximum absolute atomic E-state index is 12.8. The van der Waals surface area contributed by atoms with Gasteiger partial charge in [-0.3, -0.25) is 25.0 Å². The molecule has 0 atom stereocenters. The minimum absolute atomic E-state index is 0.0324. The van der Waals surface area contributed by atoms with Gasteiger partial charge in [0, 0.05) is 61.7 Å². The molecule has 3 aromatic carbocycles. The Morgan fingerprint density at radius 2 is 1.47 bits per heavy atom. The zero-order valence-corrected chi connectivity index (χ0v) is 19.5. The fourth-order valence-corrected chi connectivity index (χ4v) is 3.98. The normalized spacial score (nSPS) is 13.2. The summed E-state index contributed by atoms with van der Waals surface area (Å²) in [5, 5.41) is 22.1. The number of anilines is 1. The lowest BCUT2D eigenvalue weighted by molar-refractivity contribution is -0.385. The summed E-state index contributed by atoms with van der Waals surface area (Å²) in [7, 11) is 1.55. The van der Waals surface area contributed by atoms with Crippen molar-refractivity contribution < 1.29 is 24.1 Å². The molecule has 36 heavy (non-hydrogen) atoms. The Morgan fingerprint density at radius 3 is 2.06 bits per heavy atom. The molecule has 1 aliphatic rings. The molecular formula is C25H24N4O7. The summed E-state index contributed by atoms with van der Waals surface area (Å²) in [6.07, 6.45) is 0. The second kappa shape index (κ2) is 10.7. The minimum Gasteiger partial charge on any atom is -0.497 e. The van der Waals surface area contributed by atoms with E-state index in [1.54, 1.807) is 48.4 Å². The number of hydrogen-bond acceptors (Lipinski definition) is 8. The van der Waals surface area contributed by atoms with Crippen LogP contribution in [0.4, 0.5) is 17.1 Å². The largest absolute Gasteiger partial charge is 0.497 e. The summed E-state index contributed by atoms with van der Waals surface area (Å²) in [6, 6.07) is 17.6. The van der Waals surface area contributed by atoms with Crippen LogP contribution in [0.15, 0.2) is 66.7 Å². The molecule has 0 radical (unpaired) electrons. The number of benzene rings is 3. The molecule has 1 amide bonds. The molecule has 4 rings (SSSR count). The zero-order valence-electron chi connectivity index (χ0n) is 19.5. The van der Waals surface area contributed by atoms with E-state index in [9.17, 15) is 25.0 Å². The summed E-state index contributed by atoms with van der Waals surface area (Å²) in [6.45, 7) is 1.91. The Labute approximate surface area is 206 Å². The predicted molar refractivity (Wildman–Crippen MR) is 132 cm³/mol. The summed E-state index contributed by atoms with van der Waals surface area (Å²) in [4.78, 5) is 37.8. The molecule has 0 spiro atoms. The zero-order chi connectivity index (χ0) is 25.7. The first kappa shape index (κ1) is 24.5. The fourth-order valence-electron chi connectivity index (χ4n) is 3.98. The number of piperazine rings is 1. The van der Waals surface area contributed by atoms with Crippen molar-refractivity contribution in [1.29, 1.82) is 0 Å². The number of amides is 1. The molecule has 1 fully saturated rings. The van der Waals surface area contributed by atoms with Crippen molar-refractivity contribution in [3.8, 4) is 22.6 Å². The van der Waals surface area contributed by atoms with E-state index < -0.39 is 9.85 Å². The highest BCUT2D eigenvalue weighted by Crippen LogP contribution is 2.34. The van der Waals surface area contributed by atoms with Crippen LogP contribution in [-0.4, -0.2) is 60.5 Å². The molecule has 11 nitrogen and oxygen atoms in total. The highest BCUT2D eigenvalue weighted by molar-refractivity contribution is 5.79. The van der Waals surface area contributed by atoms with Crippen LogP contribution in [0.3, 0.4) is 0 Å². The Bertz CT molecular complexity index is 1250. The van der Waals surface area contributed by atoms with E-state index in [-0.39, 0.29) is 23.9 Å². The van der Waals surface area contributed by atoms with Gasteiger partial charge in [0.25, 0.3) is 17.3 Å². The van der Waals surface area contributed by atoms with Crippen LogP contribution in [0.2, 0.25) is 0 Å². The number of carbonyl (C=O) groups excluding carboxylic acids is 1. The second-order valence-electron chi connectivity index (χ2n) is 8.10. The predicted octanol–water partition coefficient (Wildman–Crippen LogP) is 3.91. The van der Waals surface area contributed by atoms with E-state index in [0.29, 0.717) is 48.8 Å². The van der Waals surface area contributed by atoms with Gasteiger partial charge in [0.2, 0.25) is 0 Å². The van der Waals surface area contributed by atoms with Crippen molar-refractivity contribution in [1.82, 2.24) is 4.90 Å². The number of nitro groups is 2. The van der Waals surface area contributed by atoms with Crippen molar-refractivity contribution in [2.75, 3.05) is 44.8 Å². The number of nitro benzene ring substituents is 2. The van der Waals surface area contributed by atoms with Gasteiger partial charge in [-0.25, -0.2) is 0 Å². The summed E-state index contributed by atoms with van der Waals surface area (Å²) in [5.74, 6) is 0.815. The molecule has 1 aliphatic heterocycles. The molecule has 11 heteroatoms. The highest BCUT2D eigenvalue weighted by atomic mass is 16.6. The summed E-state index contributed by atoms with van der Waals surface area (Å²) >= 11 is 0. The van der Waals surface area contributed by atoms with Crippen molar-refractivity contribution in [2.45, 2.75) is 0 Å². The number of carbonyl (C=O) groups is 1. The number of methoxy groups -OCH3 is 1. The first-order chi connectivity index (χ1) is 17.4. The van der Waals surface area contributed by atoms with Gasteiger partial charge >= 0.3 is 0 Å². The number of non-ortho nitro benzene ring substituents is 2. The number of hydrogen-bond donors (Lipinski definition) is 0. The molecule has 1 heterocycles. The average Bonchev–Trinajstić information content (AvgIpc) is 2.91. The molecule has 0 aromatic heterocycles. The third-order valence-electron chi connectivity index (χ3n) is 5.98. The van der Waals surface area contributed by atoms with Crippen LogP contribution in [0.5, 0.6) is 11.5 Å². The lowest BCUT2D eigenvalue weighted by Gasteiger charge is -2.36. The molecule has 0 bridgehead atoms. The first-order valence-electron chi connectivity index (χ1n) is 11.2. The van der Waals surface area contributed by atoms with Crippen molar-refractivity contribution in [2.24, 2.45) is 0 Å². The quantitative estimate of drug-likeness (QED) is 0.342. The molecule has 0 aliphatic carbocycles. The molecule has 0 N–H and O–H groups in total. The monoisotopic (exact) mass is 492 g/mol. The maximum Gasteiger partial charge on any atom is 0.270 e. The Hall–Kier alpha value is -4.67. The van der Waals surface area contributed by atoms with Gasteiger partial charge in [-0.2, -0.15) is 0 Å². The van der Waals surface area contributed by atoms with Gasteiger partial charge in [0.05, 0.1) is 17.0 Å². The number of rotatable bonds is 8. The number of nitrogens with zero attached hydrogens (tertiary/aromatic N) is 4. The molecule has 0 unspecified atom stereocenters. The highest BCUT2D eigenvalue weighted by Gasteiger charge is 2.23. The van der Waals surface area contributed by atoms with Gasteiger partial charge in [0.15, 0.2) is 6.61 Å². The standard InChI is InChI=1S/C25H24N4O7/c1-35-22-9-2-18(3-10-22)23-16-21(29(33)34)8-11-24(23)36-17-25(30)27-14-12-26(13-15-27)19-4-6-20(7-5-19)28(31)32/h2-11,16H,12-15,17H2,1H3. The average molecular weight is 492 g/mol. The maximum atomic E-state index is 12.8. The minimum atomic E-state index is -0.480. The Balaban J connectivity index is 1.40. The van der Waals surface area contributed by atoms with E-state index >= 15 is 0 Å². The van der Waals surface area contributed by atoms with Gasteiger partial charge in [0.1, 0.15) is 11.5 Å². The van der Waals surface area contributed by atoms with Gasteiger partial charge in [-0.1, -0.05) is 12.1 Å². The SMILES string of the molecule is COc1ccc(-c2cc([N+](=O)[O-])ccc2OCC(=O)N2CCN(c3ccc([N+](=O)[O-])cc3)CC2)cc1. The van der Waals surface area contributed by atoms with Crippen molar-refractivity contribution in [3.05, 3.63) is 87.0 Å². The van der Waals surface area contributed by atoms with E-state index in [1.807, 2.05) is 0 Å². The van der Waals surface area contributed by atoms with Crippen LogP contribution < -0.4 is 14.4 Å². The third kappa shape index (κ3) is 5.52. The van der Waals surface area contributed by atoms with E-state index in [0.717, 1.165) is 5.69 Å². The molecule has 1 saturated heterocycles. The smallest absolute Gasteiger partial charge is 0.270 e. The molecular weight excluding hydrogens is 468 g/mol. The first-order valence-corrected chi connectivity index (χ1v) is 11.2. The van der Waals surface area contributed by atoms with E-state index in [1.165, 1.54) is 30.3 Å². The topological polar surface area (TPSA) is 128 Å². The molecule has 0 saturated carbocycles. The van der Waals surface area contributed by atoms with Gasteiger partial charge < -0.3 is 19.3 Å². The molecule has 186 valence electrons. The van der Waals surface area contributed by atoms with Crippen LogP contribution in [-0.2, 0) is 4.79 Å². The van der Waals surface area contributed by atoms with Gasteiger partial charge in [-0.15, -0.1) is 0 Å². The fraction of sp³-hybridized carbons (Fsp3) is 0.240. The number of ether oxygens (including phenoxy) is 2. The van der Waals surface area contributed by atoms with Crippen LogP contribution in [0.25, 0.3) is 11.1 Å². The van der Waals surface area contributed by atoms with E-state index in [2.05, 4.69) is 4.90 Å². The summed E-state index contributed by atoms with van der Waals surface area (Å²) in [5.41, 5.74) is 2.01. The second-order valence-corrected chi connectivity index (χ2v) is 8.10. The lowest BCUT2D eigenvalue weighted by atomic mass is 10.0. The van der Waals surface area contributed by atoms with E-state index in [4.69, 9.17) is 9.47 Å². The van der Waals surface area contributed by atoms with Crippen LogP contribution >= 0.6 is 0 Å². The van der Waals surface area contributed by atoms with Crippen molar-refractivity contribution >= 4 is 23.0 Å². The van der Waals surface area contributed by atoms with Gasteiger partial charge in [-0.05, 0) is 35.9 Å². The van der Waals surface area contributed by atoms with Crippen molar-refractivity contribution in [3.63, 3.8) is 0 Å². The van der Waals surface area contributed by atoms with Crippen LogP contribution in [0.1, 0.15) is 0 Å². The summed E-state index contributed by atoms with van der Waals surface area (Å²) < 4.78 is 11.0. The lowest BCUT2D eigenvalue weighted by Crippen LogP contribution is -2.50. The van der Waals surface area contributed by atoms with Crippen LogP contribution in [0, 0.1) is 20.2 Å². The Morgan fingerprint density at radius 1 is 0.861 bits per heavy atom.